The Bertz CT molecular complexity index is 1150. The van der Waals surface area contributed by atoms with E-state index < -0.39 is 0 Å². The molecule has 0 bridgehead atoms. The number of benzene rings is 1. The monoisotopic (exact) mass is 439 g/mol. The topological polar surface area (TPSA) is 100 Å². The highest BCUT2D eigenvalue weighted by atomic mass is 32.1. The predicted octanol–water partition coefficient (Wildman–Crippen LogP) is 2.34. The summed E-state index contributed by atoms with van der Waals surface area (Å²) in [5.41, 5.74) is 0.995. The van der Waals surface area contributed by atoms with Crippen molar-refractivity contribution in [2.45, 2.75) is 43.7 Å². The molecular formula is C22H25N5O3S. The van der Waals surface area contributed by atoms with Crippen LogP contribution in [0.4, 0.5) is 5.13 Å². The van der Waals surface area contributed by atoms with Crippen molar-refractivity contribution in [3.05, 3.63) is 52.1 Å². The minimum Gasteiger partial charge on any atom is -0.384 e. The molecule has 1 amide bonds. The highest BCUT2D eigenvalue weighted by Crippen LogP contribution is 2.47. The summed E-state index contributed by atoms with van der Waals surface area (Å²) in [7, 11) is 1.66. The fourth-order valence-electron chi connectivity index (χ4n) is 4.24. The number of aromatic amines is 1. The van der Waals surface area contributed by atoms with Crippen LogP contribution in [0.3, 0.4) is 0 Å². The first kappa shape index (κ1) is 20.1. The molecule has 2 N–H and O–H groups in total. The number of hydrogen-bond donors (Lipinski definition) is 2. The van der Waals surface area contributed by atoms with Gasteiger partial charge in [0.05, 0.1) is 12.0 Å². The Morgan fingerprint density at radius 2 is 2.13 bits per heavy atom. The normalized spacial score (nSPS) is 19.6. The van der Waals surface area contributed by atoms with Gasteiger partial charge in [-0.25, -0.2) is 9.97 Å². The number of fused-ring (bicyclic) bond motifs is 1. The first-order chi connectivity index (χ1) is 15.1. The van der Waals surface area contributed by atoms with E-state index in [-0.39, 0.29) is 22.9 Å². The molecule has 2 fully saturated rings. The predicted molar refractivity (Wildman–Crippen MR) is 119 cm³/mol. The molecule has 3 heterocycles. The molecule has 1 unspecified atom stereocenters. The van der Waals surface area contributed by atoms with Crippen LogP contribution in [0.2, 0.25) is 0 Å². The van der Waals surface area contributed by atoms with E-state index in [0.717, 1.165) is 37.8 Å². The Morgan fingerprint density at radius 3 is 2.87 bits per heavy atom. The second kappa shape index (κ2) is 8.05. The molecule has 1 aromatic carbocycles. The van der Waals surface area contributed by atoms with Gasteiger partial charge in [-0.1, -0.05) is 41.7 Å². The maximum Gasteiger partial charge on any atom is 0.278 e. The van der Waals surface area contributed by atoms with E-state index in [2.05, 4.69) is 15.3 Å². The SMILES string of the molecule is COCC1(c2nc3sc(N4CCCC4C(=O)NCc4ccccc4)nc3c(=O)[nH]2)CC1. The Labute approximate surface area is 183 Å². The summed E-state index contributed by atoms with van der Waals surface area (Å²) in [5, 5.41) is 3.72. The van der Waals surface area contributed by atoms with E-state index in [9.17, 15) is 9.59 Å². The van der Waals surface area contributed by atoms with Crippen LogP contribution in [-0.2, 0) is 21.5 Å². The maximum absolute atomic E-state index is 12.9. The van der Waals surface area contributed by atoms with Crippen LogP contribution in [-0.4, -0.2) is 47.2 Å². The summed E-state index contributed by atoms with van der Waals surface area (Å²) >= 11 is 1.38. The van der Waals surface area contributed by atoms with E-state index in [4.69, 9.17) is 9.72 Å². The molecule has 5 rings (SSSR count). The second-order valence-electron chi connectivity index (χ2n) is 8.33. The van der Waals surface area contributed by atoms with Gasteiger partial charge in [0.2, 0.25) is 5.91 Å². The molecule has 9 heteroatoms. The van der Waals surface area contributed by atoms with Crippen LogP contribution in [0.5, 0.6) is 0 Å². The van der Waals surface area contributed by atoms with Crippen LogP contribution in [0.1, 0.15) is 37.1 Å². The Morgan fingerprint density at radius 1 is 1.32 bits per heavy atom. The molecule has 1 atom stereocenters. The number of anilines is 1. The van der Waals surface area contributed by atoms with Gasteiger partial charge in [0, 0.05) is 20.2 Å². The number of carbonyl (C=O) groups is 1. The highest BCUT2D eigenvalue weighted by molar-refractivity contribution is 7.21. The van der Waals surface area contributed by atoms with Crippen LogP contribution in [0, 0.1) is 0 Å². The molecule has 1 saturated heterocycles. The van der Waals surface area contributed by atoms with Crippen LogP contribution in [0.25, 0.3) is 10.3 Å². The van der Waals surface area contributed by atoms with Gasteiger partial charge >= 0.3 is 0 Å². The van der Waals surface area contributed by atoms with E-state index in [1.165, 1.54) is 11.3 Å². The standard InChI is InChI=1S/C22H25N5O3S/c1-30-13-22(9-10-22)20-25-18(29)16-19(26-20)31-21(24-16)27-11-5-8-15(27)17(28)23-12-14-6-3-2-4-7-14/h2-4,6-7,15H,5,8-13H2,1H3,(H,23,28)(H,25,26,29). The molecule has 31 heavy (non-hydrogen) atoms. The fourth-order valence-corrected chi connectivity index (χ4v) is 5.26. The molecule has 2 aromatic heterocycles. The number of nitrogens with one attached hydrogen (secondary N) is 2. The van der Waals surface area contributed by atoms with Gasteiger partial charge in [0.15, 0.2) is 15.5 Å². The lowest BCUT2D eigenvalue weighted by Crippen LogP contribution is -2.43. The van der Waals surface area contributed by atoms with Crippen molar-refractivity contribution < 1.29 is 9.53 Å². The first-order valence-electron chi connectivity index (χ1n) is 10.6. The molecule has 8 nitrogen and oxygen atoms in total. The van der Waals surface area contributed by atoms with Crippen molar-refractivity contribution in [1.82, 2.24) is 20.3 Å². The molecule has 162 valence electrons. The number of rotatable bonds is 7. The van der Waals surface area contributed by atoms with Gasteiger partial charge in [-0.15, -0.1) is 0 Å². The maximum atomic E-state index is 12.9. The number of methoxy groups -OCH3 is 1. The number of aromatic nitrogens is 3. The third kappa shape index (κ3) is 3.83. The zero-order valence-corrected chi connectivity index (χ0v) is 18.2. The van der Waals surface area contributed by atoms with Gasteiger partial charge in [-0.2, -0.15) is 0 Å². The lowest BCUT2D eigenvalue weighted by Gasteiger charge is -2.23. The van der Waals surface area contributed by atoms with Crippen LogP contribution < -0.4 is 15.8 Å². The van der Waals surface area contributed by atoms with Crippen LogP contribution in [0.15, 0.2) is 35.1 Å². The van der Waals surface area contributed by atoms with Crippen LogP contribution >= 0.6 is 11.3 Å². The lowest BCUT2D eigenvalue weighted by atomic mass is 10.1. The molecule has 1 aliphatic heterocycles. The molecule has 2 aliphatic rings. The van der Waals surface area contributed by atoms with Crippen molar-refractivity contribution in [1.29, 1.82) is 0 Å². The fraction of sp³-hybridized carbons (Fsp3) is 0.455. The molecule has 1 aliphatic carbocycles. The van der Waals surface area contributed by atoms with E-state index in [1.807, 2.05) is 35.2 Å². The average molecular weight is 440 g/mol. The van der Waals surface area contributed by atoms with Crippen molar-refractivity contribution in [3.63, 3.8) is 0 Å². The summed E-state index contributed by atoms with van der Waals surface area (Å²) in [6.07, 6.45) is 3.58. The number of H-pyrrole nitrogens is 1. The van der Waals surface area contributed by atoms with Gasteiger partial charge in [0.25, 0.3) is 5.56 Å². The lowest BCUT2D eigenvalue weighted by molar-refractivity contribution is -0.122. The summed E-state index contributed by atoms with van der Waals surface area (Å²) in [6, 6.07) is 9.58. The minimum atomic E-state index is -0.286. The number of nitrogens with zero attached hydrogens (tertiary/aromatic N) is 3. The number of hydrogen-bond acceptors (Lipinski definition) is 7. The summed E-state index contributed by atoms with van der Waals surface area (Å²) in [4.78, 5) is 40.4. The average Bonchev–Trinajstić information content (AvgIpc) is 3.21. The van der Waals surface area contributed by atoms with Crippen molar-refractivity contribution in [2.75, 3.05) is 25.2 Å². The second-order valence-corrected chi connectivity index (χ2v) is 9.29. The van der Waals surface area contributed by atoms with Gasteiger partial charge in [0.1, 0.15) is 11.9 Å². The number of amides is 1. The summed E-state index contributed by atoms with van der Waals surface area (Å²) in [5.74, 6) is 0.667. The Balaban J connectivity index is 1.37. The number of carbonyl (C=O) groups excluding carboxylic acids is 1. The van der Waals surface area contributed by atoms with Crippen molar-refractivity contribution in [3.8, 4) is 0 Å². The zero-order valence-electron chi connectivity index (χ0n) is 17.4. The number of ether oxygens (including phenoxy) is 1. The largest absolute Gasteiger partial charge is 0.384 e. The Kier molecular flexibility index (Phi) is 5.23. The van der Waals surface area contributed by atoms with Crippen molar-refractivity contribution >= 4 is 32.7 Å². The molecule has 0 radical (unpaired) electrons. The third-order valence-electron chi connectivity index (χ3n) is 6.15. The summed E-state index contributed by atoms with van der Waals surface area (Å²) < 4.78 is 5.33. The third-order valence-corrected chi connectivity index (χ3v) is 7.13. The zero-order chi connectivity index (χ0) is 21.4. The highest BCUT2D eigenvalue weighted by Gasteiger charge is 2.47. The molecular weight excluding hydrogens is 414 g/mol. The van der Waals surface area contributed by atoms with Gasteiger partial charge < -0.3 is 19.9 Å². The molecule has 3 aromatic rings. The quantitative estimate of drug-likeness (QED) is 0.586. The van der Waals surface area contributed by atoms with Crippen molar-refractivity contribution in [2.24, 2.45) is 0 Å². The van der Waals surface area contributed by atoms with E-state index >= 15 is 0 Å². The van der Waals surface area contributed by atoms with Gasteiger partial charge in [-0.3, -0.25) is 9.59 Å². The first-order valence-corrected chi connectivity index (χ1v) is 11.4. The smallest absolute Gasteiger partial charge is 0.278 e. The Hall–Kier alpha value is -2.78. The number of thiazole rings is 1. The van der Waals surface area contributed by atoms with E-state index in [0.29, 0.717) is 34.5 Å². The van der Waals surface area contributed by atoms with Gasteiger partial charge in [-0.05, 0) is 31.2 Å². The molecule has 0 spiro atoms. The molecule has 1 saturated carbocycles. The summed E-state index contributed by atoms with van der Waals surface area (Å²) in [6.45, 7) is 1.78. The van der Waals surface area contributed by atoms with E-state index in [1.54, 1.807) is 7.11 Å². The minimum absolute atomic E-state index is 0.0137.